The van der Waals surface area contributed by atoms with Crippen LogP contribution in [0.15, 0.2) is 29.4 Å². The van der Waals surface area contributed by atoms with Gasteiger partial charge in [-0.1, -0.05) is 68.5 Å². The van der Waals surface area contributed by atoms with E-state index in [2.05, 4.69) is 20.4 Å². The maximum absolute atomic E-state index is 13.5. The van der Waals surface area contributed by atoms with Crippen LogP contribution >= 0.6 is 11.8 Å². The molecule has 0 bridgehead atoms. The van der Waals surface area contributed by atoms with Gasteiger partial charge in [0.05, 0.1) is 12.3 Å². The lowest BCUT2D eigenvalue weighted by Crippen LogP contribution is -2.49. The third kappa shape index (κ3) is 6.46. The number of rotatable bonds is 9. The third-order valence-electron chi connectivity index (χ3n) is 7.46. The van der Waals surface area contributed by atoms with Crippen molar-refractivity contribution >= 4 is 23.6 Å². The summed E-state index contributed by atoms with van der Waals surface area (Å²) in [6.45, 7) is 4.96. The Balaban J connectivity index is 1.38. The SMILES string of the molecule is CCn1c(CNC(=O)c2ccccc2C)nnc1SCC(=O)N(C1CCCCC1)C1CCCCC1. The lowest BCUT2D eigenvalue weighted by molar-refractivity contribution is -0.135. The molecule has 1 N–H and O–H groups in total. The summed E-state index contributed by atoms with van der Waals surface area (Å²) in [6, 6.07) is 8.35. The van der Waals surface area contributed by atoms with Crippen molar-refractivity contribution in [3.8, 4) is 0 Å². The van der Waals surface area contributed by atoms with E-state index in [0.29, 0.717) is 42.3 Å². The predicted octanol–water partition coefficient (Wildman–Crippen LogP) is 5.12. The van der Waals surface area contributed by atoms with E-state index in [1.165, 1.54) is 50.3 Å². The minimum Gasteiger partial charge on any atom is -0.345 e. The lowest BCUT2D eigenvalue weighted by atomic mass is 9.88. The van der Waals surface area contributed by atoms with Crippen molar-refractivity contribution in [2.45, 2.75) is 108 Å². The third-order valence-corrected chi connectivity index (χ3v) is 8.41. The van der Waals surface area contributed by atoms with E-state index in [4.69, 9.17) is 0 Å². The highest BCUT2D eigenvalue weighted by molar-refractivity contribution is 7.99. The topological polar surface area (TPSA) is 80.1 Å². The van der Waals surface area contributed by atoms with Crippen LogP contribution in [-0.4, -0.2) is 49.3 Å². The highest BCUT2D eigenvalue weighted by atomic mass is 32.2. The van der Waals surface area contributed by atoms with Crippen molar-refractivity contribution in [3.05, 3.63) is 41.2 Å². The predicted molar refractivity (Wildman–Crippen MR) is 139 cm³/mol. The first-order valence-electron chi connectivity index (χ1n) is 13.3. The average Bonchev–Trinajstić information content (AvgIpc) is 3.29. The molecule has 1 aromatic carbocycles. The number of amides is 2. The molecule has 2 aliphatic rings. The molecule has 8 heteroatoms. The summed E-state index contributed by atoms with van der Waals surface area (Å²) in [5.74, 6) is 1.23. The summed E-state index contributed by atoms with van der Waals surface area (Å²) in [6.07, 6.45) is 12.1. The number of nitrogens with one attached hydrogen (secondary N) is 1. The number of carbonyl (C=O) groups excluding carboxylic acids is 2. The Bertz CT molecular complexity index is 977. The van der Waals surface area contributed by atoms with Crippen molar-refractivity contribution in [1.82, 2.24) is 25.0 Å². The molecule has 1 heterocycles. The number of aryl methyl sites for hydroxylation is 1. The van der Waals surface area contributed by atoms with Gasteiger partial charge in [-0.05, 0) is 51.2 Å². The standard InChI is InChI=1S/C27H39N5O2S/c1-3-31-24(18-28-26(34)23-17-11-10-12-20(23)2)29-30-27(31)35-19-25(33)32(21-13-6-4-7-14-21)22-15-8-5-9-16-22/h10-12,17,21-22H,3-9,13-16,18-19H2,1-2H3,(H,28,34). The minimum absolute atomic E-state index is 0.117. The van der Waals surface area contributed by atoms with Crippen molar-refractivity contribution in [2.24, 2.45) is 0 Å². The molecule has 2 saturated carbocycles. The van der Waals surface area contributed by atoms with E-state index in [1.54, 1.807) is 0 Å². The molecule has 0 saturated heterocycles. The first-order valence-corrected chi connectivity index (χ1v) is 14.3. The Kier molecular flexibility index (Phi) is 9.24. The van der Waals surface area contributed by atoms with Crippen LogP contribution in [0.4, 0.5) is 0 Å². The second kappa shape index (κ2) is 12.6. The van der Waals surface area contributed by atoms with Gasteiger partial charge >= 0.3 is 0 Å². The molecule has 0 atom stereocenters. The van der Waals surface area contributed by atoms with Gasteiger partial charge in [0.1, 0.15) is 0 Å². The van der Waals surface area contributed by atoms with Gasteiger partial charge < -0.3 is 14.8 Å². The van der Waals surface area contributed by atoms with Crippen molar-refractivity contribution in [1.29, 1.82) is 0 Å². The van der Waals surface area contributed by atoms with Crippen molar-refractivity contribution in [2.75, 3.05) is 5.75 Å². The molecular weight excluding hydrogens is 458 g/mol. The van der Waals surface area contributed by atoms with Gasteiger partial charge in [0, 0.05) is 24.2 Å². The number of hydrogen-bond acceptors (Lipinski definition) is 5. The Labute approximate surface area is 213 Å². The van der Waals surface area contributed by atoms with Crippen LogP contribution in [0.3, 0.4) is 0 Å². The Morgan fingerprint density at radius 1 is 1.00 bits per heavy atom. The largest absolute Gasteiger partial charge is 0.345 e. The highest BCUT2D eigenvalue weighted by Crippen LogP contribution is 2.31. The zero-order valence-electron chi connectivity index (χ0n) is 21.2. The monoisotopic (exact) mass is 497 g/mol. The van der Waals surface area contributed by atoms with Gasteiger partial charge in [-0.2, -0.15) is 0 Å². The van der Waals surface area contributed by atoms with E-state index >= 15 is 0 Å². The summed E-state index contributed by atoms with van der Waals surface area (Å²) < 4.78 is 2.00. The maximum Gasteiger partial charge on any atom is 0.251 e. The summed E-state index contributed by atoms with van der Waals surface area (Å²) in [5, 5.41) is 12.4. The molecule has 2 aliphatic carbocycles. The average molecular weight is 498 g/mol. The van der Waals surface area contributed by atoms with E-state index in [1.807, 2.05) is 42.7 Å². The maximum atomic E-state index is 13.5. The molecule has 4 rings (SSSR count). The summed E-state index contributed by atoms with van der Waals surface area (Å²) in [7, 11) is 0. The molecule has 2 fully saturated rings. The molecule has 190 valence electrons. The molecule has 0 aliphatic heterocycles. The Morgan fingerprint density at radius 2 is 1.63 bits per heavy atom. The first kappa shape index (κ1) is 25.7. The smallest absolute Gasteiger partial charge is 0.251 e. The van der Waals surface area contributed by atoms with Crippen LogP contribution < -0.4 is 5.32 Å². The lowest BCUT2D eigenvalue weighted by Gasteiger charge is -2.41. The molecule has 1 aromatic heterocycles. The number of thioether (sulfide) groups is 1. The molecule has 2 amide bonds. The number of carbonyl (C=O) groups is 2. The molecule has 2 aromatic rings. The summed E-state index contributed by atoms with van der Waals surface area (Å²) in [4.78, 5) is 28.4. The summed E-state index contributed by atoms with van der Waals surface area (Å²) in [5.41, 5.74) is 1.61. The van der Waals surface area contributed by atoms with E-state index in [-0.39, 0.29) is 11.8 Å². The van der Waals surface area contributed by atoms with Crippen LogP contribution in [-0.2, 0) is 17.9 Å². The van der Waals surface area contributed by atoms with Gasteiger partial charge in [0.25, 0.3) is 5.91 Å². The van der Waals surface area contributed by atoms with Gasteiger partial charge in [-0.15, -0.1) is 10.2 Å². The quantitative estimate of drug-likeness (QED) is 0.486. The normalized spacial score (nSPS) is 17.3. The van der Waals surface area contributed by atoms with Crippen molar-refractivity contribution in [3.63, 3.8) is 0 Å². The molecule has 0 radical (unpaired) electrons. The van der Waals surface area contributed by atoms with Crippen LogP contribution in [0, 0.1) is 6.92 Å². The Hall–Kier alpha value is -2.35. The van der Waals surface area contributed by atoms with Crippen LogP contribution in [0.1, 0.15) is 92.9 Å². The zero-order chi connectivity index (χ0) is 24.6. The molecular formula is C27H39N5O2S. The van der Waals surface area contributed by atoms with Gasteiger partial charge in [0.15, 0.2) is 11.0 Å². The summed E-state index contributed by atoms with van der Waals surface area (Å²) >= 11 is 1.48. The van der Waals surface area contributed by atoms with Crippen molar-refractivity contribution < 1.29 is 9.59 Å². The molecule has 0 spiro atoms. The van der Waals surface area contributed by atoms with Gasteiger partial charge in [0.2, 0.25) is 5.91 Å². The van der Waals surface area contributed by atoms with E-state index in [9.17, 15) is 9.59 Å². The molecule has 0 unspecified atom stereocenters. The van der Waals surface area contributed by atoms with Crippen LogP contribution in [0.5, 0.6) is 0 Å². The zero-order valence-corrected chi connectivity index (χ0v) is 22.0. The molecule has 35 heavy (non-hydrogen) atoms. The van der Waals surface area contributed by atoms with Gasteiger partial charge in [-0.25, -0.2) is 0 Å². The van der Waals surface area contributed by atoms with Crippen LogP contribution in [0.25, 0.3) is 0 Å². The second-order valence-corrected chi connectivity index (χ2v) is 10.8. The number of nitrogens with zero attached hydrogens (tertiary/aromatic N) is 4. The van der Waals surface area contributed by atoms with Crippen LogP contribution in [0.2, 0.25) is 0 Å². The van der Waals surface area contributed by atoms with E-state index in [0.717, 1.165) is 36.4 Å². The fraction of sp³-hybridized carbons (Fsp3) is 0.630. The fourth-order valence-electron chi connectivity index (χ4n) is 5.58. The number of aromatic nitrogens is 3. The number of benzene rings is 1. The minimum atomic E-state index is -0.117. The Morgan fingerprint density at radius 3 is 2.23 bits per heavy atom. The number of hydrogen-bond donors (Lipinski definition) is 1. The molecule has 7 nitrogen and oxygen atoms in total. The van der Waals surface area contributed by atoms with Gasteiger partial charge in [-0.3, -0.25) is 9.59 Å². The fourth-order valence-corrected chi connectivity index (χ4v) is 6.47. The first-order chi connectivity index (χ1) is 17.1. The second-order valence-electron chi connectivity index (χ2n) is 9.81. The van der Waals surface area contributed by atoms with E-state index < -0.39 is 0 Å². The highest BCUT2D eigenvalue weighted by Gasteiger charge is 2.32.